The lowest BCUT2D eigenvalue weighted by atomic mass is 9.91. The minimum Gasteiger partial charge on any atom is -0.493 e. The molecule has 0 radical (unpaired) electrons. The molecule has 0 aromatic heterocycles. The third-order valence-electron chi connectivity index (χ3n) is 3.84. The molecule has 0 bridgehead atoms. The fourth-order valence-corrected chi connectivity index (χ4v) is 2.66. The van der Waals surface area contributed by atoms with E-state index >= 15 is 0 Å². The third-order valence-corrected chi connectivity index (χ3v) is 3.84. The predicted molar refractivity (Wildman–Crippen MR) is 88.0 cm³/mol. The standard InChI is InChI=1S/C18H22FNO3/c1-21-16-9-12(10-17(22-2)18(16)23-3)8-13(11-20)14-6-4-5-7-15(14)19/h4-7,9-10,13H,8,11,20H2,1-3H3. The SMILES string of the molecule is COc1cc(CC(CN)c2ccccc2F)cc(OC)c1OC. The average molecular weight is 319 g/mol. The molecule has 2 aromatic carbocycles. The van der Waals surface area contributed by atoms with Crippen molar-refractivity contribution in [2.24, 2.45) is 5.73 Å². The van der Waals surface area contributed by atoms with Crippen LogP contribution in [0.15, 0.2) is 36.4 Å². The van der Waals surface area contributed by atoms with Crippen LogP contribution in [0.25, 0.3) is 0 Å². The Morgan fingerprint density at radius 2 is 1.61 bits per heavy atom. The van der Waals surface area contributed by atoms with Gasteiger partial charge >= 0.3 is 0 Å². The van der Waals surface area contributed by atoms with Crippen molar-refractivity contribution in [2.45, 2.75) is 12.3 Å². The van der Waals surface area contributed by atoms with Gasteiger partial charge in [-0.05, 0) is 42.3 Å². The lowest BCUT2D eigenvalue weighted by molar-refractivity contribution is 0.323. The summed E-state index contributed by atoms with van der Waals surface area (Å²) in [5.41, 5.74) is 7.42. The zero-order valence-electron chi connectivity index (χ0n) is 13.6. The maximum atomic E-state index is 14.0. The van der Waals surface area contributed by atoms with Crippen molar-refractivity contribution in [3.63, 3.8) is 0 Å². The van der Waals surface area contributed by atoms with Gasteiger partial charge in [-0.15, -0.1) is 0 Å². The molecular weight excluding hydrogens is 297 g/mol. The van der Waals surface area contributed by atoms with Crippen LogP contribution in [0, 0.1) is 5.82 Å². The third kappa shape index (κ3) is 3.74. The lowest BCUT2D eigenvalue weighted by Crippen LogP contribution is -2.16. The van der Waals surface area contributed by atoms with Gasteiger partial charge in [0.05, 0.1) is 21.3 Å². The number of methoxy groups -OCH3 is 3. The highest BCUT2D eigenvalue weighted by atomic mass is 19.1. The maximum Gasteiger partial charge on any atom is 0.203 e. The van der Waals surface area contributed by atoms with Gasteiger partial charge in [-0.2, -0.15) is 0 Å². The van der Waals surface area contributed by atoms with Crippen LogP contribution in [0.3, 0.4) is 0 Å². The van der Waals surface area contributed by atoms with Crippen LogP contribution in [0.4, 0.5) is 4.39 Å². The van der Waals surface area contributed by atoms with E-state index in [9.17, 15) is 4.39 Å². The highest BCUT2D eigenvalue weighted by Crippen LogP contribution is 2.39. The van der Waals surface area contributed by atoms with Gasteiger partial charge in [0, 0.05) is 5.92 Å². The summed E-state index contributed by atoms with van der Waals surface area (Å²) in [6.45, 7) is 0.345. The summed E-state index contributed by atoms with van der Waals surface area (Å²) in [4.78, 5) is 0. The molecule has 0 aliphatic rings. The number of hydrogen-bond acceptors (Lipinski definition) is 4. The van der Waals surface area contributed by atoms with Crippen LogP contribution in [0.1, 0.15) is 17.0 Å². The number of halogens is 1. The van der Waals surface area contributed by atoms with Crippen LogP contribution in [-0.4, -0.2) is 27.9 Å². The van der Waals surface area contributed by atoms with Gasteiger partial charge < -0.3 is 19.9 Å². The Kier molecular flexibility index (Phi) is 5.82. The molecular formula is C18H22FNO3. The molecule has 1 unspecified atom stereocenters. The number of hydrogen-bond donors (Lipinski definition) is 1. The fraction of sp³-hybridized carbons (Fsp3) is 0.333. The lowest BCUT2D eigenvalue weighted by Gasteiger charge is -2.18. The van der Waals surface area contributed by atoms with Crippen molar-refractivity contribution < 1.29 is 18.6 Å². The summed E-state index contributed by atoms with van der Waals surface area (Å²) >= 11 is 0. The molecule has 0 spiro atoms. The molecule has 0 saturated carbocycles. The second-order valence-electron chi connectivity index (χ2n) is 5.19. The summed E-state index contributed by atoms with van der Waals surface area (Å²) in [6.07, 6.45) is 0.578. The van der Waals surface area contributed by atoms with E-state index in [1.165, 1.54) is 6.07 Å². The molecule has 0 amide bonds. The molecule has 2 rings (SSSR count). The summed E-state index contributed by atoms with van der Waals surface area (Å²) in [7, 11) is 4.69. The van der Waals surface area contributed by atoms with Gasteiger partial charge in [0.1, 0.15) is 5.82 Å². The molecule has 0 fully saturated rings. The molecule has 2 aromatic rings. The Morgan fingerprint density at radius 1 is 1.00 bits per heavy atom. The number of nitrogens with two attached hydrogens (primary N) is 1. The van der Waals surface area contributed by atoms with Gasteiger partial charge in [-0.1, -0.05) is 18.2 Å². The largest absolute Gasteiger partial charge is 0.493 e. The first-order valence-corrected chi connectivity index (χ1v) is 7.38. The van der Waals surface area contributed by atoms with Crippen molar-refractivity contribution in [2.75, 3.05) is 27.9 Å². The Bertz CT molecular complexity index is 635. The smallest absolute Gasteiger partial charge is 0.203 e. The van der Waals surface area contributed by atoms with Crippen LogP contribution in [-0.2, 0) is 6.42 Å². The number of benzene rings is 2. The summed E-state index contributed by atoms with van der Waals surface area (Å²) in [5.74, 6) is 1.32. The minimum atomic E-state index is -0.240. The fourth-order valence-electron chi connectivity index (χ4n) is 2.66. The molecule has 0 aliphatic carbocycles. The molecule has 2 N–H and O–H groups in total. The zero-order valence-corrected chi connectivity index (χ0v) is 13.6. The first-order chi connectivity index (χ1) is 11.1. The van der Waals surface area contributed by atoms with E-state index in [1.54, 1.807) is 33.5 Å². The molecule has 4 nitrogen and oxygen atoms in total. The molecule has 23 heavy (non-hydrogen) atoms. The second kappa shape index (κ2) is 7.83. The molecule has 0 saturated heterocycles. The highest BCUT2D eigenvalue weighted by molar-refractivity contribution is 5.54. The van der Waals surface area contributed by atoms with Crippen LogP contribution < -0.4 is 19.9 Å². The molecule has 0 aliphatic heterocycles. The normalized spacial score (nSPS) is 11.9. The van der Waals surface area contributed by atoms with E-state index in [4.69, 9.17) is 19.9 Å². The van der Waals surface area contributed by atoms with Crippen LogP contribution >= 0.6 is 0 Å². The minimum absolute atomic E-state index is 0.126. The Hall–Kier alpha value is -2.27. The second-order valence-corrected chi connectivity index (χ2v) is 5.19. The van der Waals surface area contributed by atoms with Gasteiger partial charge in [-0.25, -0.2) is 4.39 Å². The summed E-state index contributed by atoms with van der Waals surface area (Å²) < 4.78 is 30.0. The van der Waals surface area contributed by atoms with Gasteiger partial charge in [0.2, 0.25) is 5.75 Å². The number of ether oxygens (including phenoxy) is 3. The Labute approximate surface area is 136 Å². The first kappa shape index (κ1) is 17.1. The van der Waals surface area contributed by atoms with E-state index in [0.29, 0.717) is 35.8 Å². The average Bonchev–Trinajstić information content (AvgIpc) is 2.59. The Morgan fingerprint density at radius 3 is 2.09 bits per heavy atom. The van der Waals surface area contributed by atoms with Crippen molar-refractivity contribution >= 4 is 0 Å². The van der Waals surface area contributed by atoms with E-state index in [1.807, 2.05) is 18.2 Å². The van der Waals surface area contributed by atoms with E-state index in [-0.39, 0.29) is 11.7 Å². The first-order valence-electron chi connectivity index (χ1n) is 7.38. The molecule has 5 heteroatoms. The quantitative estimate of drug-likeness (QED) is 0.852. The van der Waals surface area contributed by atoms with Crippen molar-refractivity contribution in [1.29, 1.82) is 0 Å². The zero-order chi connectivity index (χ0) is 16.8. The van der Waals surface area contributed by atoms with Crippen molar-refractivity contribution in [3.05, 3.63) is 53.3 Å². The van der Waals surface area contributed by atoms with Gasteiger partial charge in [0.15, 0.2) is 11.5 Å². The van der Waals surface area contributed by atoms with Gasteiger partial charge in [-0.3, -0.25) is 0 Å². The molecule has 0 heterocycles. The summed E-state index contributed by atoms with van der Waals surface area (Å²) in [6, 6.07) is 10.4. The van der Waals surface area contributed by atoms with Crippen molar-refractivity contribution in [1.82, 2.24) is 0 Å². The van der Waals surface area contributed by atoms with Crippen LogP contribution in [0.2, 0.25) is 0 Å². The molecule has 1 atom stereocenters. The Balaban J connectivity index is 2.36. The highest BCUT2D eigenvalue weighted by Gasteiger charge is 2.18. The van der Waals surface area contributed by atoms with Gasteiger partial charge in [0.25, 0.3) is 0 Å². The maximum absolute atomic E-state index is 14.0. The monoisotopic (exact) mass is 319 g/mol. The number of rotatable bonds is 7. The topological polar surface area (TPSA) is 53.7 Å². The van der Waals surface area contributed by atoms with E-state index in [2.05, 4.69) is 0 Å². The molecule has 124 valence electrons. The van der Waals surface area contributed by atoms with Crippen molar-refractivity contribution in [3.8, 4) is 17.2 Å². The van der Waals surface area contributed by atoms with E-state index < -0.39 is 0 Å². The van der Waals surface area contributed by atoms with E-state index in [0.717, 1.165) is 5.56 Å². The summed E-state index contributed by atoms with van der Waals surface area (Å²) in [5, 5.41) is 0. The predicted octanol–water partition coefficient (Wildman–Crippen LogP) is 3.14. The van der Waals surface area contributed by atoms with Crippen LogP contribution in [0.5, 0.6) is 17.2 Å².